The number of alkyl halides is 3. The number of aromatic nitrogens is 1. The van der Waals surface area contributed by atoms with E-state index in [0.29, 0.717) is 4.68 Å². The number of benzene rings is 2. The van der Waals surface area contributed by atoms with Crippen molar-refractivity contribution in [2.45, 2.75) is 24.0 Å². The maximum atomic E-state index is 14.6. The van der Waals surface area contributed by atoms with Crippen LogP contribution in [0.2, 0.25) is 5.02 Å². The van der Waals surface area contributed by atoms with E-state index in [0.717, 1.165) is 37.4 Å². The summed E-state index contributed by atoms with van der Waals surface area (Å²) in [6.07, 6.45) is -7.96. The van der Waals surface area contributed by atoms with Gasteiger partial charge in [0.2, 0.25) is 5.60 Å². The molecule has 6 N–H and O–H groups in total. The fourth-order valence-corrected chi connectivity index (χ4v) is 3.61. The number of hydrogen-bond donors (Lipinski definition) is 4. The van der Waals surface area contributed by atoms with Crippen LogP contribution in [0.4, 0.5) is 22.0 Å². The zero-order chi connectivity index (χ0) is 24.7. The number of nitrogens with two attached hydrogens (primary N) is 2. The highest BCUT2D eigenvalue weighted by Gasteiger charge is 2.63. The lowest BCUT2D eigenvalue weighted by Gasteiger charge is -2.41. The van der Waals surface area contributed by atoms with Crippen molar-refractivity contribution in [3.8, 4) is 5.75 Å². The molecule has 0 amide bonds. The fraction of sp³-hybridized carbons (Fsp3) is 0.250. The summed E-state index contributed by atoms with van der Waals surface area (Å²) in [5.74, 6) is -2.41. The largest absolute Gasteiger partial charge is 0.494 e. The molecule has 7 nitrogen and oxygen atoms in total. The van der Waals surface area contributed by atoms with Crippen LogP contribution in [0.3, 0.4) is 0 Å². The first-order chi connectivity index (χ1) is 15.3. The van der Waals surface area contributed by atoms with Gasteiger partial charge in [0.1, 0.15) is 11.9 Å². The van der Waals surface area contributed by atoms with E-state index in [9.17, 15) is 31.9 Å². The van der Waals surface area contributed by atoms with Gasteiger partial charge in [-0.15, -0.1) is 0 Å². The van der Waals surface area contributed by atoms with Crippen molar-refractivity contribution < 1.29 is 31.8 Å². The number of fused-ring (bicyclic) bond motifs is 1. The summed E-state index contributed by atoms with van der Waals surface area (Å²) in [6.45, 7) is 0. The van der Waals surface area contributed by atoms with Gasteiger partial charge in [-0.25, -0.2) is 13.5 Å². The predicted molar refractivity (Wildman–Crippen MR) is 111 cm³/mol. The van der Waals surface area contributed by atoms with Crippen molar-refractivity contribution in [1.82, 2.24) is 4.68 Å². The van der Waals surface area contributed by atoms with Gasteiger partial charge in [0.25, 0.3) is 5.56 Å². The summed E-state index contributed by atoms with van der Waals surface area (Å²) in [5.41, 5.74) is 7.14. The summed E-state index contributed by atoms with van der Waals surface area (Å²) < 4.78 is 76.1. The quantitative estimate of drug-likeness (QED) is 0.311. The molecule has 0 aliphatic heterocycles. The molecule has 2 atom stereocenters. The van der Waals surface area contributed by atoms with E-state index in [1.807, 2.05) is 0 Å². The Morgan fingerprint density at radius 3 is 2.33 bits per heavy atom. The van der Waals surface area contributed by atoms with Crippen molar-refractivity contribution in [3.63, 3.8) is 0 Å². The second-order valence-electron chi connectivity index (χ2n) is 7.11. The Morgan fingerprint density at radius 2 is 1.76 bits per heavy atom. The van der Waals surface area contributed by atoms with E-state index >= 15 is 0 Å². The monoisotopic (exact) mass is 492 g/mol. The molecule has 0 aliphatic carbocycles. The standard InChI is InChI=1S/C20H18ClF5N4O3/c1-33-13-6-5-11(15(21)16(13)23)17(19(32,18(27)28)20(24,25)26)29-30-12-8-10(22)4-2-9(12)3-7-14(30)31/h2-8,17-18,29,32H,27-28H2,1H3. The van der Waals surface area contributed by atoms with Crippen LogP contribution in [-0.2, 0) is 0 Å². The molecule has 2 unspecified atom stereocenters. The summed E-state index contributed by atoms with van der Waals surface area (Å²) in [4.78, 5) is 12.5. The molecule has 0 saturated carbocycles. The van der Waals surface area contributed by atoms with E-state index in [2.05, 4.69) is 5.43 Å². The molecule has 0 radical (unpaired) electrons. The third kappa shape index (κ3) is 4.22. The van der Waals surface area contributed by atoms with Gasteiger partial charge in [-0.2, -0.15) is 13.2 Å². The number of methoxy groups -OCH3 is 1. The van der Waals surface area contributed by atoms with Crippen molar-refractivity contribution in [2.75, 3.05) is 12.5 Å². The Kier molecular flexibility index (Phi) is 6.58. The Labute approximate surface area is 188 Å². The smallest absolute Gasteiger partial charge is 0.422 e. The van der Waals surface area contributed by atoms with Gasteiger partial charge < -0.3 is 26.7 Å². The molecule has 3 rings (SSSR count). The first-order valence-electron chi connectivity index (χ1n) is 9.23. The van der Waals surface area contributed by atoms with Crippen LogP contribution in [0, 0.1) is 11.6 Å². The predicted octanol–water partition coefficient (Wildman–Crippen LogP) is 2.76. The van der Waals surface area contributed by atoms with Crippen molar-refractivity contribution in [2.24, 2.45) is 11.5 Å². The molecule has 0 aliphatic rings. The first kappa shape index (κ1) is 24.7. The summed E-state index contributed by atoms with van der Waals surface area (Å²) >= 11 is 5.98. The topological polar surface area (TPSA) is 116 Å². The van der Waals surface area contributed by atoms with Gasteiger partial charge in [-0.3, -0.25) is 4.79 Å². The average Bonchev–Trinajstić information content (AvgIpc) is 2.74. The number of aliphatic hydroxyl groups is 1. The van der Waals surface area contributed by atoms with Crippen LogP contribution < -0.4 is 27.2 Å². The molecule has 178 valence electrons. The van der Waals surface area contributed by atoms with Gasteiger partial charge in [-0.05, 0) is 24.3 Å². The summed E-state index contributed by atoms with van der Waals surface area (Å²) in [6, 6.07) is 5.04. The van der Waals surface area contributed by atoms with Gasteiger partial charge >= 0.3 is 6.18 Å². The van der Waals surface area contributed by atoms with E-state index in [1.54, 1.807) is 0 Å². The third-order valence-electron chi connectivity index (χ3n) is 5.13. The van der Waals surface area contributed by atoms with Crippen molar-refractivity contribution >= 4 is 22.5 Å². The van der Waals surface area contributed by atoms with Gasteiger partial charge in [0.15, 0.2) is 11.6 Å². The maximum absolute atomic E-state index is 14.6. The number of ether oxygens (including phenoxy) is 1. The lowest BCUT2D eigenvalue weighted by atomic mass is 9.85. The number of halogens is 6. The van der Waals surface area contributed by atoms with E-state index in [-0.39, 0.29) is 16.7 Å². The van der Waals surface area contributed by atoms with Gasteiger partial charge in [0.05, 0.1) is 23.8 Å². The van der Waals surface area contributed by atoms with Crippen LogP contribution in [-0.4, -0.2) is 34.8 Å². The van der Waals surface area contributed by atoms with E-state index in [1.165, 1.54) is 12.1 Å². The lowest BCUT2D eigenvalue weighted by Crippen LogP contribution is -2.67. The highest BCUT2D eigenvalue weighted by molar-refractivity contribution is 6.31. The van der Waals surface area contributed by atoms with E-state index < -0.39 is 51.8 Å². The molecular formula is C20H18ClF5N4O3. The number of nitrogens with one attached hydrogen (secondary N) is 1. The van der Waals surface area contributed by atoms with E-state index in [4.69, 9.17) is 27.8 Å². The first-order valence-corrected chi connectivity index (χ1v) is 9.60. The zero-order valence-electron chi connectivity index (χ0n) is 16.8. The Balaban J connectivity index is 2.34. The highest BCUT2D eigenvalue weighted by atomic mass is 35.5. The lowest BCUT2D eigenvalue weighted by molar-refractivity contribution is -0.274. The Bertz CT molecular complexity index is 1250. The zero-order valence-corrected chi connectivity index (χ0v) is 17.6. The molecule has 2 aromatic carbocycles. The fourth-order valence-electron chi connectivity index (χ4n) is 3.35. The number of pyridine rings is 1. The van der Waals surface area contributed by atoms with Crippen molar-refractivity contribution in [1.29, 1.82) is 0 Å². The highest BCUT2D eigenvalue weighted by Crippen LogP contribution is 2.44. The summed E-state index contributed by atoms with van der Waals surface area (Å²) in [7, 11) is 1.11. The SMILES string of the molecule is COc1ccc(C(Nn2c(=O)ccc3ccc(F)cc32)C(O)(C(N)N)C(F)(F)F)c(Cl)c1F. The van der Waals surface area contributed by atoms with Crippen LogP contribution in [0.5, 0.6) is 5.75 Å². The molecule has 33 heavy (non-hydrogen) atoms. The minimum atomic E-state index is -5.49. The minimum absolute atomic E-state index is 0.173. The molecule has 0 bridgehead atoms. The molecule has 1 aromatic heterocycles. The van der Waals surface area contributed by atoms with Crippen LogP contribution in [0.15, 0.2) is 47.3 Å². The molecule has 1 heterocycles. The van der Waals surface area contributed by atoms with Gasteiger partial charge in [-0.1, -0.05) is 17.7 Å². The number of hydrogen-bond acceptors (Lipinski definition) is 6. The molecule has 3 aromatic rings. The molecule has 13 heteroatoms. The number of rotatable bonds is 6. The number of nitrogens with zero attached hydrogens (tertiary/aromatic N) is 1. The Morgan fingerprint density at radius 1 is 1.12 bits per heavy atom. The molecule has 0 saturated heterocycles. The third-order valence-corrected chi connectivity index (χ3v) is 5.51. The molecule has 0 spiro atoms. The second kappa shape index (κ2) is 8.78. The normalized spacial score (nSPS) is 14.9. The minimum Gasteiger partial charge on any atom is -0.494 e. The molecular weight excluding hydrogens is 475 g/mol. The molecule has 0 fully saturated rings. The van der Waals surface area contributed by atoms with Crippen molar-refractivity contribution in [3.05, 3.63) is 75.0 Å². The second-order valence-corrected chi connectivity index (χ2v) is 7.48. The van der Waals surface area contributed by atoms with Crippen LogP contribution >= 0.6 is 11.6 Å². The van der Waals surface area contributed by atoms with Gasteiger partial charge in [0, 0.05) is 23.1 Å². The average molecular weight is 493 g/mol. The Hall–Kier alpha value is -2.93. The summed E-state index contributed by atoms with van der Waals surface area (Å²) in [5, 5.41) is 10.1. The van der Waals surface area contributed by atoms with Crippen LogP contribution in [0.25, 0.3) is 10.9 Å². The maximum Gasteiger partial charge on any atom is 0.422 e. The van der Waals surface area contributed by atoms with Crippen LogP contribution in [0.1, 0.15) is 11.6 Å².